The van der Waals surface area contributed by atoms with Gasteiger partial charge in [-0.05, 0) is 43.2 Å². The fourth-order valence-corrected chi connectivity index (χ4v) is 3.82. The molecular formula is C11H19NO2S. The lowest BCUT2D eigenvalue weighted by Crippen LogP contribution is -2.46. The van der Waals surface area contributed by atoms with E-state index >= 15 is 0 Å². The number of nitrogens with zero attached hydrogens (tertiary/aromatic N) is 1. The highest BCUT2D eigenvalue weighted by Gasteiger charge is 2.30. The van der Waals surface area contributed by atoms with Crippen LogP contribution in [0.1, 0.15) is 25.7 Å². The van der Waals surface area contributed by atoms with Gasteiger partial charge in [0.05, 0.1) is 0 Å². The summed E-state index contributed by atoms with van der Waals surface area (Å²) in [5.41, 5.74) is 0. The van der Waals surface area contributed by atoms with Crippen LogP contribution in [0.2, 0.25) is 0 Å². The lowest BCUT2D eigenvalue weighted by Gasteiger charge is -2.34. The lowest BCUT2D eigenvalue weighted by atomic mass is 9.99. The first-order valence-electron chi connectivity index (χ1n) is 5.82. The van der Waals surface area contributed by atoms with Crippen LogP contribution in [-0.2, 0) is 4.79 Å². The third-order valence-corrected chi connectivity index (χ3v) is 4.65. The molecule has 0 radical (unpaired) electrons. The zero-order chi connectivity index (χ0) is 10.7. The zero-order valence-electron chi connectivity index (χ0n) is 9.02. The van der Waals surface area contributed by atoms with Crippen molar-refractivity contribution in [3.05, 3.63) is 0 Å². The van der Waals surface area contributed by atoms with E-state index in [0.717, 1.165) is 31.8 Å². The van der Waals surface area contributed by atoms with Gasteiger partial charge in [0.2, 0.25) is 0 Å². The van der Waals surface area contributed by atoms with E-state index in [1.165, 1.54) is 24.3 Å². The number of carboxylic acids is 1. The molecule has 15 heavy (non-hydrogen) atoms. The monoisotopic (exact) mass is 229 g/mol. The molecule has 2 atom stereocenters. The first-order chi connectivity index (χ1) is 7.27. The number of hydrogen-bond acceptors (Lipinski definition) is 3. The molecule has 0 aromatic rings. The van der Waals surface area contributed by atoms with Crippen molar-refractivity contribution in [1.82, 2.24) is 4.90 Å². The molecule has 2 aliphatic heterocycles. The summed E-state index contributed by atoms with van der Waals surface area (Å²) < 4.78 is 0. The molecule has 2 aliphatic rings. The van der Waals surface area contributed by atoms with Crippen LogP contribution in [0, 0.1) is 5.92 Å². The van der Waals surface area contributed by atoms with E-state index in [0.29, 0.717) is 0 Å². The standard InChI is InChI=1S/C11H19NO2S/c13-11(14)10-3-1-2-5-12(10)7-9-4-6-15-8-9/h9-10H,1-8H2,(H,13,14). The Hall–Kier alpha value is -0.220. The van der Waals surface area contributed by atoms with Crippen molar-refractivity contribution in [3.63, 3.8) is 0 Å². The van der Waals surface area contributed by atoms with Gasteiger partial charge in [0.1, 0.15) is 6.04 Å². The zero-order valence-corrected chi connectivity index (χ0v) is 9.84. The van der Waals surface area contributed by atoms with Gasteiger partial charge in [-0.15, -0.1) is 0 Å². The van der Waals surface area contributed by atoms with Crippen molar-refractivity contribution in [3.8, 4) is 0 Å². The Morgan fingerprint density at radius 2 is 2.27 bits per heavy atom. The van der Waals surface area contributed by atoms with Crippen LogP contribution in [-0.4, -0.2) is 46.6 Å². The van der Waals surface area contributed by atoms with Crippen molar-refractivity contribution in [2.75, 3.05) is 24.6 Å². The first-order valence-corrected chi connectivity index (χ1v) is 6.97. The number of likely N-dealkylation sites (tertiary alicyclic amines) is 1. The van der Waals surface area contributed by atoms with E-state index in [-0.39, 0.29) is 6.04 Å². The predicted molar refractivity (Wildman–Crippen MR) is 62.3 cm³/mol. The number of carboxylic acid groups (broad SMARTS) is 1. The van der Waals surface area contributed by atoms with Crippen LogP contribution in [0.4, 0.5) is 0 Å². The van der Waals surface area contributed by atoms with Gasteiger partial charge in [0.25, 0.3) is 0 Å². The van der Waals surface area contributed by atoms with Crippen LogP contribution in [0.5, 0.6) is 0 Å². The molecule has 2 rings (SSSR count). The summed E-state index contributed by atoms with van der Waals surface area (Å²) in [5.74, 6) is 2.59. The molecule has 2 heterocycles. The predicted octanol–water partition coefficient (Wildman–Crippen LogP) is 1.68. The molecule has 0 amide bonds. The molecule has 0 spiro atoms. The molecule has 0 aliphatic carbocycles. The minimum atomic E-state index is -0.625. The van der Waals surface area contributed by atoms with Gasteiger partial charge >= 0.3 is 5.97 Å². The fourth-order valence-electron chi connectivity index (χ4n) is 2.55. The Labute approximate surface area is 95.2 Å². The number of rotatable bonds is 3. The highest BCUT2D eigenvalue weighted by molar-refractivity contribution is 7.99. The molecule has 2 unspecified atom stereocenters. The summed E-state index contributed by atoms with van der Waals surface area (Å²) in [7, 11) is 0. The number of carbonyl (C=O) groups is 1. The van der Waals surface area contributed by atoms with Crippen LogP contribution in [0.15, 0.2) is 0 Å². The Balaban J connectivity index is 1.89. The SMILES string of the molecule is O=C(O)C1CCCCN1CC1CCSC1. The van der Waals surface area contributed by atoms with Crippen molar-refractivity contribution >= 4 is 17.7 Å². The van der Waals surface area contributed by atoms with E-state index in [2.05, 4.69) is 4.90 Å². The minimum Gasteiger partial charge on any atom is -0.480 e. The normalized spacial score (nSPS) is 33.1. The second-order valence-electron chi connectivity index (χ2n) is 4.57. The summed E-state index contributed by atoms with van der Waals surface area (Å²) in [5, 5.41) is 9.14. The van der Waals surface area contributed by atoms with Crippen LogP contribution in [0.3, 0.4) is 0 Å². The molecule has 86 valence electrons. The van der Waals surface area contributed by atoms with E-state index in [9.17, 15) is 4.79 Å². The van der Waals surface area contributed by atoms with E-state index < -0.39 is 5.97 Å². The highest BCUT2D eigenvalue weighted by Crippen LogP contribution is 2.27. The summed E-state index contributed by atoms with van der Waals surface area (Å²) in [6.45, 7) is 1.99. The molecular weight excluding hydrogens is 210 g/mol. The third-order valence-electron chi connectivity index (χ3n) is 3.42. The minimum absolute atomic E-state index is 0.204. The van der Waals surface area contributed by atoms with Crippen molar-refractivity contribution in [1.29, 1.82) is 0 Å². The Morgan fingerprint density at radius 3 is 2.93 bits per heavy atom. The Morgan fingerprint density at radius 1 is 1.40 bits per heavy atom. The second kappa shape index (κ2) is 5.21. The Kier molecular flexibility index (Phi) is 3.92. The third kappa shape index (κ3) is 2.88. The summed E-state index contributed by atoms with van der Waals surface area (Å²) in [4.78, 5) is 13.3. The molecule has 1 N–H and O–H groups in total. The van der Waals surface area contributed by atoms with Crippen molar-refractivity contribution < 1.29 is 9.90 Å². The van der Waals surface area contributed by atoms with Gasteiger partial charge in [-0.3, -0.25) is 9.69 Å². The average molecular weight is 229 g/mol. The van der Waals surface area contributed by atoms with Crippen LogP contribution in [0.25, 0.3) is 0 Å². The van der Waals surface area contributed by atoms with Gasteiger partial charge in [0, 0.05) is 6.54 Å². The molecule has 0 bridgehead atoms. The second-order valence-corrected chi connectivity index (χ2v) is 5.72. The van der Waals surface area contributed by atoms with E-state index in [4.69, 9.17) is 5.11 Å². The maximum Gasteiger partial charge on any atom is 0.320 e. The number of hydrogen-bond donors (Lipinski definition) is 1. The fraction of sp³-hybridized carbons (Fsp3) is 0.909. The molecule has 3 nitrogen and oxygen atoms in total. The smallest absolute Gasteiger partial charge is 0.320 e. The van der Waals surface area contributed by atoms with Crippen LogP contribution < -0.4 is 0 Å². The van der Waals surface area contributed by atoms with Gasteiger partial charge in [-0.2, -0.15) is 11.8 Å². The van der Waals surface area contributed by atoms with Gasteiger partial charge < -0.3 is 5.11 Å². The van der Waals surface area contributed by atoms with Crippen molar-refractivity contribution in [2.45, 2.75) is 31.7 Å². The summed E-state index contributed by atoms with van der Waals surface area (Å²) >= 11 is 2.01. The highest BCUT2D eigenvalue weighted by atomic mass is 32.2. The molecule has 0 aromatic carbocycles. The van der Waals surface area contributed by atoms with Crippen LogP contribution >= 0.6 is 11.8 Å². The number of aliphatic carboxylic acids is 1. The number of piperidine rings is 1. The number of thioether (sulfide) groups is 1. The van der Waals surface area contributed by atoms with Crippen molar-refractivity contribution in [2.24, 2.45) is 5.92 Å². The van der Waals surface area contributed by atoms with E-state index in [1.807, 2.05) is 11.8 Å². The largest absolute Gasteiger partial charge is 0.480 e. The van der Waals surface area contributed by atoms with Gasteiger partial charge in [-0.1, -0.05) is 6.42 Å². The molecule has 4 heteroatoms. The Bertz CT molecular complexity index is 229. The van der Waals surface area contributed by atoms with Gasteiger partial charge in [-0.25, -0.2) is 0 Å². The maximum atomic E-state index is 11.1. The molecule has 0 saturated carbocycles. The first kappa shape index (κ1) is 11.3. The molecule has 2 saturated heterocycles. The van der Waals surface area contributed by atoms with E-state index in [1.54, 1.807) is 0 Å². The molecule has 0 aromatic heterocycles. The topological polar surface area (TPSA) is 40.5 Å². The summed E-state index contributed by atoms with van der Waals surface area (Å²) in [6.07, 6.45) is 4.36. The maximum absolute atomic E-state index is 11.1. The average Bonchev–Trinajstić information content (AvgIpc) is 2.71. The lowest BCUT2D eigenvalue weighted by molar-refractivity contribution is -0.144. The quantitative estimate of drug-likeness (QED) is 0.799. The van der Waals surface area contributed by atoms with Gasteiger partial charge in [0.15, 0.2) is 0 Å². The molecule has 2 fully saturated rings. The summed E-state index contributed by atoms with van der Waals surface area (Å²) in [6, 6.07) is -0.204.